The minimum absolute atomic E-state index is 0.406. The maximum Gasteiger partial charge on any atom is 0.120 e. The zero-order valence-corrected chi connectivity index (χ0v) is 15.2. The molecule has 0 atom stereocenters. The number of nitrogens with zero attached hydrogens (tertiary/aromatic N) is 2. The SMILES string of the molecule is NCc1ncc(-c2ccc3cc4cc(-c5cnc(CN)[nH]5)ccc4cc3c2)[nH]1. The largest absolute Gasteiger partial charge is 0.341 e. The summed E-state index contributed by atoms with van der Waals surface area (Å²) in [7, 11) is 0. The van der Waals surface area contributed by atoms with Gasteiger partial charge in [-0.15, -0.1) is 0 Å². The van der Waals surface area contributed by atoms with Crippen LogP contribution in [-0.4, -0.2) is 19.9 Å². The minimum atomic E-state index is 0.406. The van der Waals surface area contributed by atoms with Crippen molar-refractivity contribution in [2.75, 3.05) is 0 Å². The Bertz CT molecular complexity index is 1200. The van der Waals surface area contributed by atoms with Gasteiger partial charge in [-0.1, -0.05) is 24.3 Å². The number of aromatic amines is 2. The molecule has 0 radical (unpaired) electrons. The molecule has 5 aromatic rings. The highest BCUT2D eigenvalue weighted by molar-refractivity contribution is 6.00. The van der Waals surface area contributed by atoms with Crippen LogP contribution in [0.3, 0.4) is 0 Å². The number of imidazole rings is 2. The summed E-state index contributed by atoms with van der Waals surface area (Å²) in [6.07, 6.45) is 3.66. The molecule has 0 amide bonds. The van der Waals surface area contributed by atoms with Crippen molar-refractivity contribution in [3.05, 3.63) is 72.6 Å². The van der Waals surface area contributed by atoms with Gasteiger partial charge in [0, 0.05) is 11.1 Å². The van der Waals surface area contributed by atoms with Crippen molar-refractivity contribution in [2.45, 2.75) is 13.1 Å². The number of H-pyrrole nitrogens is 2. The molecule has 6 N–H and O–H groups in total. The standard InChI is InChI=1S/C22H20N6/c23-9-21-25-11-19(27-21)15-3-1-13-5-18-8-16(20-12-26-22(10-24)28-20)4-2-14(18)6-17(13)7-15/h1-8,11-12H,9-10,23-24H2,(H,25,27)(H,26,28). The Hall–Kier alpha value is -3.48. The van der Waals surface area contributed by atoms with Crippen molar-refractivity contribution in [1.29, 1.82) is 0 Å². The highest BCUT2D eigenvalue weighted by Gasteiger charge is 2.07. The van der Waals surface area contributed by atoms with E-state index in [0.29, 0.717) is 13.1 Å². The highest BCUT2D eigenvalue weighted by Crippen LogP contribution is 2.30. The summed E-state index contributed by atoms with van der Waals surface area (Å²) in [6, 6.07) is 17.3. The van der Waals surface area contributed by atoms with Gasteiger partial charge < -0.3 is 21.4 Å². The molecule has 0 saturated carbocycles. The second kappa shape index (κ2) is 6.60. The third-order valence-electron chi connectivity index (χ3n) is 5.06. The van der Waals surface area contributed by atoms with Gasteiger partial charge in [0.15, 0.2) is 0 Å². The number of hydrogen-bond acceptors (Lipinski definition) is 4. The first-order valence-corrected chi connectivity index (χ1v) is 9.20. The number of hydrogen-bond donors (Lipinski definition) is 4. The molecule has 0 aliphatic rings. The van der Waals surface area contributed by atoms with Crippen LogP contribution in [0, 0.1) is 0 Å². The van der Waals surface area contributed by atoms with Crippen LogP contribution in [0.1, 0.15) is 11.6 Å². The van der Waals surface area contributed by atoms with Crippen LogP contribution < -0.4 is 11.5 Å². The van der Waals surface area contributed by atoms with E-state index in [1.807, 2.05) is 12.4 Å². The molecule has 0 unspecified atom stereocenters. The molecule has 0 fully saturated rings. The molecule has 0 bridgehead atoms. The van der Waals surface area contributed by atoms with Crippen molar-refractivity contribution in [3.63, 3.8) is 0 Å². The molecule has 0 aliphatic heterocycles. The van der Waals surface area contributed by atoms with Crippen LogP contribution in [-0.2, 0) is 13.1 Å². The highest BCUT2D eigenvalue weighted by atomic mass is 14.9. The van der Waals surface area contributed by atoms with Crippen LogP contribution >= 0.6 is 0 Å². The number of benzene rings is 3. The molecule has 2 heterocycles. The third kappa shape index (κ3) is 2.85. The Morgan fingerprint density at radius 1 is 0.607 bits per heavy atom. The zero-order valence-electron chi connectivity index (χ0n) is 15.2. The van der Waals surface area contributed by atoms with E-state index in [4.69, 9.17) is 11.5 Å². The summed E-state index contributed by atoms with van der Waals surface area (Å²) in [4.78, 5) is 15.1. The van der Waals surface area contributed by atoms with Gasteiger partial charge in [0.05, 0.1) is 36.9 Å². The van der Waals surface area contributed by atoms with E-state index >= 15 is 0 Å². The number of fused-ring (bicyclic) bond motifs is 2. The predicted octanol–water partition coefficient (Wildman–Crippen LogP) is 3.69. The van der Waals surface area contributed by atoms with E-state index in [1.165, 1.54) is 21.5 Å². The Balaban J connectivity index is 1.58. The molecule has 0 spiro atoms. The molecule has 6 nitrogen and oxygen atoms in total. The molecule has 0 saturated heterocycles. The van der Waals surface area contributed by atoms with Gasteiger partial charge in [-0.2, -0.15) is 0 Å². The second-order valence-corrected chi connectivity index (χ2v) is 6.87. The van der Waals surface area contributed by atoms with Crippen molar-refractivity contribution in [2.24, 2.45) is 11.5 Å². The van der Waals surface area contributed by atoms with Gasteiger partial charge in [0.25, 0.3) is 0 Å². The lowest BCUT2D eigenvalue weighted by molar-refractivity contribution is 0.950. The molecular formula is C22H20N6. The lowest BCUT2D eigenvalue weighted by atomic mass is 9.99. The molecule has 28 heavy (non-hydrogen) atoms. The Morgan fingerprint density at radius 3 is 1.46 bits per heavy atom. The Morgan fingerprint density at radius 2 is 1.07 bits per heavy atom. The van der Waals surface area contributed by atoms with Crippen LogP contribution in [0.5, 0.6) is 0 Å². The smallest absolute Gasteiger partial charge is 0.120 e. The summed E-state index contributed by atoms with van der Waals surface area (Å²) in [5, 5.41) is 4.76. The van der Waals surface area contributed by atoms with Crippen molar-refractivity contribution in [3.8, 4) is 22.5 Å². The summed E-state index contributed by atoms with van der Waals surface area (Å²) in [5.41, 5.74) is 15.5. The lowest BCUT2D eigenvalue weighted by Gasteiger charge is -2.07. The van der Waals surface area contributed by atoms with E-state index in [0.717, 1.165) is 34.2 Å². The Labute approximate surface area is 161 Å². The lowest BCUT2D eigenvalue weighted by Crippen LogP contribution is -1.97. The zero-order chi connectivity index (χ0) is 19.1. The fourth-order valence-electron chi connectivity index (χ4n) is 3.56. The first-order chi connectivity index (χ1) is 13.7. The van der Waals surface area contributed by atoms with Gasteiger partial charge in [-0.3, -0.25) is 0 Å². The average molecular weight is 368 g/mol. The normalized spacial score (nSPS) is 11.5. The molecular weight excluding hydrogens is 348 g/mol. The second-order valence-electron chi connectivity index (χ2n) is 6.87. The van der Waals surface area contributed by atoms with E-state index in [2.05, 4.69) is 68.5 Å². The van der Waals surface area contributed by atoms with Gasteiger partial charge >= 0.3 is 0 Å². The first-order valence-electron chi connectivity index (χ1n) is 9.20. The average Bonchev–Trinajstić information content (AvgIpc) is 3.41. The predicted molar refractivity (Wildman–Crippen MR) is 112 cm³/mol. The van der Waals surface area contributed by atoms with Gasteiger partial charge in [-0.05, 0) is 45.8 Å². The molecule has 0 aliphatic carbocycles. The summed E-state index contributed by atoms with van der Waals surface area (Å²) in [5.74, 6) is 1.58. The first kappa shape index (κ1) is 16.7. The van der Waals surface area contributed by atoms with Crippen LogP contribution in [0.4, 0.5) is 0 Å². The topological polar surface area (TPSA) is 109 Å². The molecule has 5 rings (SSSR count). The van der Waals surface area contributed by atoms with Crippen molar-refractivity contribution >= 4 is 21.5 Å². The van der Waals surface area contributed by atoms with E-state index in [9.17, 15) is 0 Å². The van der Waals surface area contributed by atoms with Crippen molar-refractivity contribution < 1.29 is 0 Å². The molecule has 3 aromatic carbocycles. The molecule has 6 heteroatoms. The van der Waals surface area contributed by atoms with Gasteiger partial charge in [0.1, 0.15) is 11.6 Å². The van der Waals surface area contributed by atoms with E-state index < -0.39 is 0 Å². The van der Waals surface area contributed by atoms with E-state index in [1.54, 1.807) is 0 Å². The summed E-state index contributed by atoms with van der Waals surface area (Å²) >= 11 is 0. The number of nitrogens with one attached hydrogen (secondary N) is 2. The van der Waals surface area contributed by atoms with Crippen LogP contribution in [0.15, 0.2) is 60.9 Å². The maximum atomic E-state index is 5.65. The summed E-state index contributed by atoms with van der Waals surface area (Å²) in [6.45, 7) is 0.813. The monoisotopic (exact) mass is 368 g/mol. The fourth-order valence-corrected chi connectivity index (χ4v) is 3.56. The minimum Gasteiger partial charge on any atom is -0.341 e. The van der Waals surface area contributed by atoms with Crippen LogP contribution in [0.25, 0.3) is 44.1 Å². The number of aromatic nitrogens is 4. The van der Waals surface area contributed by atoms with Crippen molar-refractivity contribution in [1.82, 2.24) is 19.9 Å². The number of rotatable bonds is 4. The van der Waals surface area contributed by atoms with Crippen LogP contribution in [0.2, 0.25) is 0 Å². The third-order valence-corrected chi connectivity index (χ3v) is 5.06. The molecule has 2 aromatic heterocycles. The maximum absolute atomic E-state index is 5.65. The van der Waals surface area contributed by atoms with Gasteiger partial charge in [-0.25, -0.2) is 9.97 Å². The van der Waals surface area contributed by atoms with E-state index in [-0.39, 0.29) is 0 Å². The quantitative estimate of drug-likeness (QED) is 0.363. The summed E-state index contributed by atoms with van der Waals surface area (Å²) < 4.78 is 0. The fraction of sp³-hybridized carbons (Fsp3) is 0.0909. The molecule has 138 valence electrons. The number of nitrogens with two attached hydrogens (primary N) is 2. The van der Waals surface area contributed by atoms with Gasteiger partial charge in [0.2, 0.25) is 0 Å². The Kier molecular flexibility index (Phi) is 3.93.